The van der Waals surface area contributed by atoms with E-state index in [9.17, 15) is 18.4 Å². The van der Waals surface area contributed by atoms with E-state index in [1.807, 2.05) is 0 Å². The minimum atomic E-state index is -1.10. The van der Waals surface area contributed by atoms with Gasteiger partial charge in [0.25, 0.3) is 5.91 Å². The molecule has 0 saturated heterocycles. The Morgan fingerprint density at radius 1 is 1.05 bits per heavy atom. The van der Waals surface area contributed by atoms with Gasteiger partial charge in [0.1, 0.15) is 11.6 Å². The summed E-state index contributed by atoms with van der Waals surface area (Å²) in [5, 5.41) is 11.4. The number of hydrogen-bond donors (Lipinski definition) is 2. The lowest BCUT2D eigenvalue weighted by molar-refractivity contribution is -0.137. The highest BCUT2D eigenvalue weighted by Gasteiger charge is 2.19. The first-order valence-electron chi connectivity index (χ1n) is 6.49. The fraction of sp³-hybridized carbons (Fsp3) is 0.125. The molecular formula is C16H13F2NO3. The van der Waals surface area contributed by atoms with Crippen LogP contribution in [0.4, 0.5) is 8.78 Å². The number of carbonyl (C=O) groups excluding carboxylic acids is 1. The lowest BCUT2D eigenvalue weighted by Crippen LogP contribution is -2.30. The first-order valence-corrected chi connectivity index (χ1v) is 6.49. The number of carbonyl (C=O) groups is 2. The van der Waals surface area contributed by atoms with Gasteiger partial charge in [-0.3, -0.25) is 9.59 Å². The van der Waals surface area contributed by atoms with Crippen molar-refractivity contribution in [2.45, 2.75) is 12.5 Å². The average Bonchev–Trinajstić information content (AvgIpc) is 2.46. The second-order valence-electron chi connectivity index (χ2n) is 4.69. The van der Waals surface area contributed by atoms with Crippen molar-refractivity contribution in [3.8, 4) is 0 Å². The summed E-state index contributed by atoms with van der Waals surface area (Å²) in [6.45, 7) is 0. The molecule has 114 valence electrons. The molecule has 0 spiro atoms. The third kappa shape index (κ3) is 4.12. The molecule has 0 heterocycles. The first-order chi connectivity index (χ1) is 10.5. The predicted molar refractivity (Wildman–Crippen MR) is 75.3 cm³/mol. The van der Waals surface area contributed by atoms with Crippen LogP contribution in [-0.4, -0.2) is 17.0 Å². The van der Waals surface area contributed by atoms with Crippen LogP contribution in [-0.2, 0) is 4.79 Å². The zero-order chi connectivity index (χ0) is 16.1. The molecule has 0 aromatic heterocycles. The third-order valence-electron chi connectivity index (χ3n) is 3.01. The van der Waals surface area contributed by atoms with Gasteiger partial charge in [0.05, 0.1) is 12.5 Å². The van der Waals surface area contributed by atoms with E-state index in [0.717, 1.165) is 12.1 Å². The third-order valence-corrected chi connectivity index (χ3v) is 3.01. The van der Waals surface area contributed by atoms with E-state index >= 15 is 0 Å². The zero-order valence-corrected chi connectivity index (χ0v) is 11.4. The number of carboxylic acid groups (broad SMARTS) is 1. The molecule has 0 unspecified atom stereocenters. The monoisotopic (exact) mass is 305 g/mol. The Balaban J connectivity index is 2.23. The molecule has 1 amide bonds. The molecule has 0 aliphatic heterocycles. The van der Waals surface area contributed by atoms with E-state index in [2.05, 4.69) is 5.32 Å². The van der Waals surface area contributed by atoms with Gasteiger partial charge in [0.2, 0.25) is 0 Å². The van der Waals surface area contributed by atoms with Gasteiger partial charge < -0.3 is 10.4 Å². The van der Waals surface area contributed by atoms with E-state index in [1.54, 1.807) is 30.3 Å². The molecule has 0 radical (unpaired) electrons. The van der Waals surface area contributed by atoms with Crippen LogP contribution in [0.25, 0.3) is 0 Å². The van der Waals surface area contributed by atoms with Crippen LogP contribution in [0.2, 0.25) is 0 Å². The smallest absolute Gasteiger partial charge is 0.305 e. The number of carboxylic acids is 1. The molecule has 0 aliphatic rings. The van der Waals surface area contributed by atoms with Gasteiger partial charge in [-0.2, -0.15) is 0 Å². The van der Waals surface area contributed by atoms with Crippen LogP contribution < -0.4 is 5.32 Å². The predicted octanol–water partition coefficient (Wildman–Crippen LogP) is 2.91. The van der Waals surface area contributed by atoms with Gasteiger partial charge in [-0.05, 0) is 17.7 Å². The fourth-order valence-electron chi connectivity index (χ4n) is 2.04. The number of halogens is 2. The molecule has 0 fully saturated rings. The second-order valence-corrected chi connectivity index (χ2v) is 4.69. The molecule has 0 saturated carbocycles. The Bertz CT molecular complexity index is 669. The largest absolute Gasteiger partial charge is 0.481 e. The van der Waals surface area contributed by atoms with Crippen LogP contribution in [0.1, 0.15) is 28.4 Å². The van der Waals surface area contributed by atoms with Crippen molar-refractivity contribution >= 4 is 11.9 Å². The summed E-state index contributed by atoms with van der Waals surface area (Å²) in [6, 6.07) is 10.1. The average molecular weight is 305 g/mol. The van der Waals surface area contributed by atoms with Crippen LogP contribution in [0, 0.1) is 11.6 Å². The normalized spacial score (nSPS) is 11.7. The molecule has 0 bridgehead atoms. The van der Waals surface area contributed by atoms with Gasteiger partial charge in [0, 0.05) is 11.6 Å². The highest BCUT2D eigenvalue weighted by molar-refractivity contribution is 5.94. The summed E-state index contributed by atoms with van der Waals surface area (Å²) in [5.74, 6) is -3.59. The maximum atomic E-state index is 13.1. The van der Waals surface area contributed by atoms with Crippen molar-refractivity contribution in [2.24, 2.45) is 0 Å². The summed E-state index contributed by atoms with van der Waals surface area (Å²) < 4.78 is 26.3. The van der Waals surface area contributed by atoms with Crippen molar-refractivity contribution < 1.29 is 23.5 Å². The lowest BCUT2D eigenvalue weighted by Gasteiger charge is -2.17. The summed E-state index contributed by atoms with van der Waals surface area (Å²) in [5.41, 5.74) is 0.388. The number of rotatable bonds is 5. The van der Waals surface area contributed by atoms with Crippen molar-refractivity contribution in [1.82, 2.24) is 5.32 Å². The maximum absolute atomic E-state index is 13.1. The Morgan fingerprint density at radius 2 is 1.64 bits per heavy atom. The van der Waals surface area contributed by atoms with Crippen molar-refractivity contribution in [2.75, 3.05) is 0 Å². The molecule has 2 aromatic carbocycles. The summed E-state index contributed by atoms with van der Waals surface area (Å²) in [6.07, 6.45) is -0.340. The number of aliphatic carboxylic acids is 1. The quantitative estimate of drug-likeness (QED) is 0.892. The van der Waals surface area contributed by atoms with Crippen LogP contribution in [0.15, 0.2) is 48.5 Å². The number of nitrogens with one attached hydrogen (secondary N) is 1. The molecule has 2 rings (SSSR count). The molecule has 6 heteroatoms. The van der Waals surface area contributed by atoms with E-state index in [4.69, 9.17) is 5.11 Å². The standard InChI is InChI=1S/C16H13F2NO3/c17-12-6-11(7-13(18)8-12)16(22)19-14(9-15(20)21)10-4-2-1-3-5-10/h1-8,14H,9H2,(H,19,22)(H,20,21)/t14-/m0/s1. The van der Waals surface area contributed by atoms with Gasteiger partial charge in [0.15, 0.2) is 0 Å². The molecule has 1 atom stereocenters. The van der Waals surface area contributed by atoms with Crippen LogP contribution in [0.5, 0.6) is 0 Å². The Hall–Kier alpha value is -2.76. The number of hydrogen-bond acceptors (Lipinski definition) is 2. The molecule has 4 nitrogen and oxygen atoms in total. The molecule has 2 N–H and O–H groups in total. The van der Waals surface area contributed by atoms with Gasteiger partial charge in [-0.25, -0.2) is 8.78 Å². The SMILES string of the molecule is O=C(O)C[C@H](NC(=O)c1cc(F)cc(F)c1)c1ccccc1. The van der Waals surface area contributed by atoms with E-state index in [1.165, 1.54) is 0 Å². The van der Waals surface area contributed by atoms with Crippen LogP contribution in [0.3, 0.4) is 0 Å². The topological polar surface area (TPSA) is 66.4 Å². The zero-order valence-electron chi connectivity index (χ0n) is 11.4. The fourth-order valence-corrected chi connectivity index (χ4v) is 2.04. The van der Waals surface area contributed by atoms with Crippen molar-refractivity contribution in [1.29, 1.82) is 0 Å². The minimum absolute atomic E-state index is 0.205. The maximum Gasteiger partial charge on any atom is 0.305 e. The molecule has 0 aliphatic carbocycles. The first kappa shape index (κ1) is 15.6. The molecule has 2 aromatic rings. The highest BCUT2D eigenvalue weighted by Crippen LogP contribution is 2.18. The minimum Gasteiger partial charge on any atom is -0.481 e. The van der Waals surface area contributed by atoms with Crippen molar-refractivity contribution in [3.05, 3.63) is 71.3 Å². The number of amides is 1. The van der Waals surface area contributed by atoms with Crippen LogP contribution >= 0.6 is 0 Å². The lowest BCUT2D eigenvalue weighted by atomic mass is 10.0. The highest BCUT2D eigenvalue weighted by atomic mass is 19.1. The second kappa shape index (κ2) is 6.80. The summed E-state index contributed by atoms with van der Waals surface area (Å²) in [7, 11) is 0. The number of benzene rings is 2. The molecular weight excluding hydrogens is 292 g/mol. The van der Waals surface area contributed by atoms with Gasteiger partial charge >= 0.3 is 5.97 Å². The van der Waals surface area contributed by atoms with E-state index in [0.29, 0.717) is 11.6 Å². The van der Waals surface area contributed by atoms with Crippen molar-refractivity contribution in [3.63, 3.8) is 0 Å². The van der Waals surface area contributed by atoms with Gasteiger partial charge in [-0.15, -0.1) is 0 Å². The Morgan fingerprint density at radius 3 is 2.18 bits per heavy atom. The Kier molecular flexibility index (Phi) is 4.83. The Labute approximate surface area is 125 Å². The summed E-state index contributed by atoms with van der Waals surface area (Å²) >= 11 is 0. The van der Waals surface area contributed by atoms with E-state index in [-0.39, 0.29) is 12.0 Å². The van der Waals surface area contributed by atoms with Gasteiger partial charge in [-0.1, -0.05) is 30.3 Å². The van der Waals surface area contributed by atoms with E-state index < -0.39 is 29.6 Å². The molecule has 22 heavy (non-hydrogen) atoms. The summed E-state index contributed by atoms with van der Waals surface area (Å²) in [4.78, 5) is 23.0.